The third-order valence-electron chi connectivity index (χ3n) is 4.42. The highest BCUT2D eigenvalue weighted by Gasteiger charge is 2.20. The number of aliphatic hydroxyl groups excluding tert-OH is 1. The van der Waals surface area contributed by atoms with E-state index in [0.29, 0.717) is 48.6 Å². The maximum Gasteiger partial charge on any atom is 0.227 e. The lowest BCUT2D eigenvalue weighted by Gasteiger charge is -2.17. The zero-order chi connectivity index (χ0) is 20.1. The van der Waals surface area contributed by atoms with Crippen LogP contribution in [0.25, 0.3) is 11.0 Å². The van der Waals surface area contributed by atoms with Crippen molar-refractivity contribution in [2.45, 2.75) is 33.9 Å². The van der Waals surface area contributed by atoms with E-state index in [9.17, 15) is 5.11 Å². The second-order valence-electron chi connectivity index (χ2n) is 6.45. The topological polar surface area (TPSA) is 101 Å². The molecule has 0 aliphatic heterocycles. The zero-order valence-electron chi connectivity index (χ0n) is 16.8. The first-order valence-electron chi connectivity index (χ1n) is 9.44. The Morgan fingerprint density at radius 3 is 2.79 bits per heavy atom. The Bertz CT molecular complexity index is 941. The van der Waals surface area contributed by atoms with E-state index in [-0.39, 0.29) is 6.61 Å². The van der Waals surface area contributed by atoms with Crippen molar-refractivity contribution in [3.63, 3.8) is 0 Å². The molecule has 0 saturated heterocycles. The van der Waals surface area contributed by atoms with Gasteiger partial charge in [0.05, 0.1) is 19.8 Å². The van der Waals surface area contributed by atoms with Gasteiger partial charge in [0.15, 0.2) is 5.82 Å². The number of hydrogen-bond acceptors (Lipinski definition) is 8. The molecule has 2 N–H and O–H groups in total. The first-order valence-corrected chi connectivity index (χ1v) is 9.44. The third-order valence-corrected chi connectivity index (χ3v) is 4.42. The minimum atomic E-state index is -0.202. The van der Waals surface area contributed by atoms with Crippen LogP contribution >= 0.6 is 0 Å². The van der Waals surface area contributed by atoms with Crippen molar-refractivity contribution in [2.75, 3.05) is 37.0 Å². The molecule has 150 valence electrons. The molecular formula is C19H27N7O2. The van der Waals surface area contributed by atoms with Crippen molar-refractivity contribution in [2.24, 2.45) is 0 Å². The number of anilines is 3. The SMILES string of the molecule is CCOCCn1nc(CO)c2nc(N(C)CC)nc(Nc3cc(C)ccn3)c21. The summed E-state index contributed by atoms with van der Waals surface area (Å²) >= 11 is 0. The standard InChI is InChI=1S/C19H27N7O2/c1-5-25(4)19-22-16-14(12-27)24-26(9-10-28-6-2)17(16)18(23-19)21-15-11-13(3)7-8-20-15/h7-8,11,27H,5-6,9-10,12H2,1-4H3,(H,20,21,22,23). The molecule has 0 spiro atoms. The molecule has 0 fully saturated rings. The third kappa shape index (κ3) is 4.20. The molecule has 0 aromatic carbocycles. The number of aliphatic hydroxyl groups is 1. The van der Waals surface area contributed by atoms with Gasteiger partial charge in [-0.3, -0.25) is 4.68 Å². The molecule has 0 amide bonds. The number of hydrogen-bond donors (Lipinski definition) is 2. The van der Waals surface area contributed by atoms with Crippen LogP contribution in [0.15, 0.2) is 18.3 Å². The van der Waals surface area contributed by atoms with Gasteiger partial charge < -0.3 is 20.1 Å². The highest BCUT2D eigenvalue weighted by atomic mass is 16.5. The summed E-state index contributed by atoms with van der Waals surface area (Å²) in [5.74, 6) is 1.85. The fourth-order valence-electron chi connectivity index (χ4n) is 2.82. The molecule has 0 bridgehead atoms. The van der Waals surface area contributed by atoms with Crippen molar-refractivity contribution >= 4 is 28.6 Å². The largest absolute Gasteiger partial charge is 0.390 e. The Morgan fingerprint density at radius 2 is 2.11 bits per heavy atom. The van der Waals surface area contributed by atoms with E-state index >= 15 is 0 Å². The predicted molar refractivity (Wildman–Crippen MR) is 109 cm³/mol. The van der Waals surface area contributed by atoms with Crippen molar-refractivity contribution in [3.8, 4) is 0 Å². The number of fused-ring (bicyclic) bond motifs is 1. The van der Waals surface area contributed by atoms with E-state index in [1.54, 1.807) is 10.9 Å². The maximum absolute atomic E-state index is 9.81. The van der Waals surface area contributed by atoms with Gasteiger partial charge in [0.25, 0.3) is 0 Å². The summed E-state index contributed by atoms with van der Waals surface area (Å²) < 4.78 is 7.26. The lowest BCUT2D eigenvalue weighted by atomic mass is 10.3. The van der Waals surface area contributed by atoms with Gasteiger partial charge >= 0.3 is 0 Å². The second kappa shape index (κ2) is 8.94. The normalized spacial score (nSPS) is 11.2. The molecule has 0 radical (unpaired) electrons. The Hall–Kier alpha value is -2.78. The number of pyridine rings is 1. The molecular weight excluding hydrogens is 358 g/mol. The van der Waals surface area contributed by atoms with E-state index in [1.165, 1.54) is 0 Å². The van der Waals surface area contributed by atoms with Crippen LogP contribution in [0.2, 0.25) is 0 Å². The van der Waals surface area contributed by atoms with Crippen molar-refractivity contribution < 1.29 is 9.84 Å². The van der Waals surface area contributed by atoms with E-state index in [1.807, 2.05) is 44.9 Å². The van der Waals surface area contributed by atoms with Crippen molar-refractivity contribution in [3.05, 3.63) is 29.6 Å². The molecule has 9 heteroatoms. The van der Waals surface area contributed by atoms with Crippen LogP contribution in [0.5, 0.6) is 0 Å². The Balaban J connectivity index is 2.14. The number of nitrogens with zero attached hydrogens (tertiary/aromatic N) is 6. The maximum atomic E-state index is 9.81. The van der Waals surface area contributed by atoms with Crippen molar-refractivity contribution in [1.29, 1.82) is 0 Å². The molecule has 0 unspecified atom stereocenters. The molecule has 3 aromatic rings. The molecule has 3 aromatic heterocycles. The van der Waals surface area contributed by atoms with E-state index in [0.717, 1.165) is 17.6 Å². The molecule has 0 atom stereocenters. The van der Waals surface area contributed by atoms with E-state index in [2.05, 4.69) is 20.4 Å². The predicted octanol–water partition coefficient (Wildman–Crippen LogP) is 2.26. The van der Waals surface area contributed by atoms with E-state index < -0.39 is 0 Å². The quantitative estimate of drug-likeness (QED) is 0.541. The van der Waals surface area contributed by atoms with Crippen molar-refractivity contribution in [1.82, 2.24) is 24.7 Å². The highest BCUT2D eigenvalue weighted by molar-refractivity contribution is 5.90. The molecule has 9 nitrogen and oxygen atoms in total. The smallest absolute Gasteiger partial charge is 0.227 e. The first kappa shape index (κ1) is 20.0. The van der Waals surface area contributed by atoms with Crippen LogP contribution in [0, 0.1) is 6.92 Å². The molecule has 3 heterocycles. The van der Waals surface area contributed by atoms with Gasteiger partial charge in [-0.1, -0.05) is 0 Å². The van der Waals surface area contributed by atoms with Gasteiger partial charge in [-0.05, 0) is 38.5 Å². The minimum Gasteiger partial charge on any atom is -0.390 e. The van der Waals surface area contributed by atoms with Crippen LogP contribution in [0.4, 0.5) is 17.6 Å². The van der Waals surface area contributed by atoms with Gasteiger partial charge in [-0.2, -0.15) is 10.1 Å². The molecule has 0 aliphatic carbocycles. The number of ether oxygens (including phenoxy) is 1. The lowest BCUT2D eigenvalue weighted by molar-refractivity contribution is 0.137. The minimum absolute atomic E-state index is 0.202. The summed E-state index contributed by atoms with van der Waals surface area (Å²) in [5, 5.41) is 17.6. The van der Waals surface area contributed by atoms with Crippen LogP contribution in [-0.2, 0) is 17.9 Å². The summed E-state index contributed by atoms with van der Waals surface area (Å²) in [6, 6.07) is 3.89. The van der Waals surface area contributed by atoms with Crippen LogP contribution in [0.1, 0.15) is 25.1 Å². The number of aryl methyl sites for hydroxylation is 1. The average Bonchev–Trinajstić information content (AvgIpc) is 3.05. The summed E-state index contributed by atoms with van der Waals surface area (Å²) in [6.45, 7) is 8.21. The summed E-state index contributed by atoms with van der Waals surface area (Å²) in [6.07, 6.45) is 1.75. The molecule has 3 rings (SSSR count). The second-order valence-corrected chi connectivity index (χ2v) is 6.45. The average molecular weight is 385 g/mol. The molecule has 28 heavy (non-hydrogen) atoms. The number of rotatable bonds is 9. The highest BCUT2D eigenvalue weighted by Crippen LogP contribution is 2.28. The Morgan fingerprint density at radius 1 is 1.29 bits per heavy atom. The van der Waals surface area contributed by atoms with Gasteiger partial charge in [0, 0.05) is 26.4 Å². The van der Waals surface area contributed by atoms with Crippen LogP contribution in [-0.4, -0.2) is 56.6 Å². The molecule has 0 aliphatic rings. The number of nitrogens with one attached hydrogen (secondary N) is 1. The zero-order valence-corrected chi connectivity index (χ0v) is 16.8. The van der Waals surface area contributed by atoms with E-state index in [4.69, 9.17) is 9.72 Å². The first-order chi connectivity index (χ1) is 13.6. The van der Waals surface area contributed by atoms with Crippen LogP contribution < -0.4 is 10.2 Å². The van der Waals surface area contributed by atoms with Gasteiger partial charge in [-0.15, -0.1) is 0 Å². The summed E-state index contributed by atoms with van der Waals surface area (Å²) in [5.41, 5.74) is 2.95. The van der Waals surface area contributed by atoms with Gasteiger partial charge in [0.1, 0.15) is 22.5 Å². The Kier molecular flexibility index (Phi) is 6.37. The van der Waals surface area contributed by atoms with Gasteiger partial charge in [0.2, 0.25) is 5.95 Å². The van der Waals surface area contributed by atoms with Gasteiger partial charge in [-0.25, -0.2) is 9.97 Å². The van der Waals surface area contributed by atoms with Crippen LogP contribution in [0.3, 0.4) is 0 Å². The lowest BCUT2D eigenvalue weighted by Crippen LogP contribution is -2.19. The summed E-state index contributed by atoms with van der Waals surface area (Å²) in [7, 11) is 1.92. The summed E-state index contributed by atoms with van der Waals surface area (Å²) in [4.78, 5) is 15.7. The number of aromatic nitrogens is 5. The molecule has 0 saturated carbocycles. The fraction of sp³-hybridized carbons (Fsp3) is 0.474. The Labute approximate surface area is 164 Å². The fourth-order valence-corrected chi connectivity index (χ4v) is 2.82. The monoisotopic (exact) mass is 385 g/mol.